The lowest BCUT2D eigenvalue weighted by Crippen LogP contribution is -2.11. The number of H-pyrrole nitrogens is 1. The van der Waals surface area contributed by atoms with Gasteiger partial charge in [-0.15, -0.1) is 0 Å². The molecule has 3 aromatic rings. The molecule has 2 heterocycles. The number of furan rings is 1. The third kappa shape index (κ3) is 3.13. The summed E-state index contributed by atoms with van der Waals surface area (Å²) >= 11 is 6.05. The number of rotatable bonds is 4. The van der Waals surface area contributed by atoms with Crippen LogP contribution in [-0.4, -0.2) is 20.8 Å². The quantitative estimate of drug-likeness (QED) is 0.551. The Labute approximate surface area is 140 Å². The number of nitrogens with one attached hydrogen (secondary N) is 2. The van der Waals surface area contributed by atoms with Crippen molar-refractivity contribution >= 4 is 29.1 Å². The van der Waals surface area contributed by atoms with Gasteiger partial charge in [0.15, 0.2) is 5.76 Å². The Morgan fingerprint density at radius 2 is 2.17 bits per heavy atom. The number of amides is 1. The van der Waals surface area contributed by atoms with Crippen LogP contribution in [-0.2, 0) is 0 Å². The molecule has 0 bridgehead atoms. The molecule has 0 spiro atoms. The maximum absolute atomic E-state index is 12.1. The molecular weight excluding hydrogens is 336 g/mol. The Kier molecular flexibility index (Phi) is 4.05. The van der Waals surface area contributed by atoms with Crippen LogP contribution in [0.15, 0.2) is 40.9 Å². The highest BCUT2D eigenvalue weighted by atomic mass is 35.5. The van der Waals surface area contributed by atoms with Crippen molar-refractivity contribution in [3.63, 3.8) is 0 Å². The summed E-state index contributed by atoms with van der Waals surface area (Å²) in [5, 5.41) is 13.5. The second kappa shape index (κ2) is 6.17. The molecule has 0 aliphatic carbocycles. The van der Waals surface area contributed by atoms with Crippen LogP contribution in [0.4, 0.5) is 11.6 Å². The molecule has 2 N–H and O–H groups in total. The number of nitro groups is 1. The summed E-state index contributed by atoms with van der Waals surface area (Å²) < 4.78 is 5.48. The summed E-state index contributed by atoms with van der Waals surface area (Å²) in [5.74, 6) is 0.224. The lowest BCUT2D eigenvalue weighted by Gasteiger charge is -2.01. The van der Waals surface area contributed by atoms with Crippen molar-refractivity contribution in [2.75, 3.05) is 5.32 Å². The highest BCUT2D eigenvalue weighted by Crippen LogP contribution is 2.32. The number of nitro benzene ring substituents is 1. The highest BCUT2D eigenvalue weighted by molar-refractivity contribution is 6.33. The van der Waals surface area contributed by atoms with Crippen molar-refractivity contribution in [2.45, 2.75) is 6.92 Å². The third-order valence-electron chi connectivity index (χ3n) is 3.19. The molecular formula is C15H11ClN4O4. The van der Waals surface area contributed by atoms with Crippen LogP contribution in [0.2, 0.25) is 5.02 Å². The number of nitrogens with zero attached hydrogens (tertiary/aromatic N) is 2. The Morgan fingerprint density at radius 1 is 1.38 bits per heavy atom. The van der Waals surface area contributed by atoms with E-state index in [0.29, 0.717) is 17.3 Å². The smallest absolute Gasteiger partial charge is 0.293 e. The monoisotopic (exact) mass is 346 g/mol. The van der Waals surface area contributed by atoms with E-state index in [0.717, 1.165) is 5.69 Å². The molecule has 0 aliphatic heterocycles. The molecule has 8 nitrogen and oxygen atoms in total. The number of aromatic amines is 1. The van der Waals surface area contributed by atoms with Gasteiger partial charge in [-0.2, -0.15) is 0 Å². The van der Waals surface area contributed by atoms with E-state index in [1.807, 2.05) is 6.92 Å². The van der Waals surface area contributed by atoms with Crippen LogP contribution < -0.4 is 5.32 Å². The van der Waals surface area contributed by atoms with E-state index in [1.54, 1.807) is 12.3 Å². The molecule has 24 heavy (non-hydrogen) atoms. The normalized spacial score (nSPS) is 10.6. The van der Waals surface area contributed by atoms with Gasteiger partial charge in [0.25, 0.3) is 11.6 Å². The molecule has 3 rings (SSSR count). The van der Waals surface area contributed by atoms with Gasteiger partial charge in [0.1, 0.15) is 5.76 Å². The summed E-state index contributed by atoms with van der Waals surface area (Å²) in [6.45, 7) is 1.81. The topological polar surface area (TPSA) is 114 Å². The van der Waals surface area contributed by atoms with Crippen molar-refractivity contribution < 1.29 is 14.1 Å². The number of anilines is 1. The van der Waals surface area contributed by atoms with Gasteiger partial charge in [0.2, 0.25) is 5.95 Å². The molecule has 0 atom stereocenters. The fourth-order valence-corrected chi connectivity index (χ4v) is 2.34. The Hall–Kier alpha value is -3.13. The van der Waals surface area contributed by atoms with E-state index in [-0.39, 0.29) is 16.5 Å². The molecule has 9 heteroatoms. The molecule has 1 amide bonds. The molecule has 0 saturated carbocycles. The van der Waals surface area contributed by atoms with Crippen LogP contribution in [0.3, 0.4) is 0 Å². The van der Waals surface area contributed by atoms with Gasteiger partial charge in [0, 0.05) is 29.6 Å². The van der Waals surface area contributed by atoms with Crippen LogP contribution in [0.25, 0.3) is 11.3 Å². The molecule has 0 unspecified atom stereocenters. The largest absolute Gasteiger partial charge is 0.451 e. The maximum atomic E-state index is 12.1. The minimum atomic E-state index is -0.540. The minimum Gasteiger partial charge on any atom is -0.451 e. The molecule has 2 aromatic heterocycles. The molecule has 122 valence electrons. The Balaban J connectivity index is 1.82. The number of non-ortho nitro benzene ring substituents is 1. The summed E-state index contributed by atoms with van der Waals surface area (Å²) in [6.07, 6.45) is 1.58. The lowest BCUT2D eigenvalue weighted by molar-refractivity contribution is -0.384. The first kappa shape index (κ1) is 15.8. The van der Waals surface area contributed by atoms with E-state index >= 15 is 0 Å². The number of carbonyl (C=O) groups is 1. The zero-order chi connectivity index (χ0) is 17.3. The Bertz CT molecular complexity index is 931. The number of carbonyl (C=O) groups excluding carboxylic acids is 1. The standard InChI is InChI=1S/C15H11ClN4O4/c1-8-7-17-15(18-8)19-14(21)13-5-4-12(24-13)10-3-2-9(20(22)23)6-11(10)16/h2-7H,1H3,(H2,17,18,19,21). The molecule has 0 saturated heterocycles. The molecule has 0 radical (unpaired) electrons. The zero-order valence-corrected chi connectivity index (χ0v) is 13.1. The Morgan fingerprint density at radius 3 is 2.79 bits per heavy atom. The first-order valence-corrected chi connectivity index (χ1v) is 7.19. The highest BCUT2D eigenvalue weighted by Gasteiger charge is 2.17. The van der Waals surface area contributed by atoms with Gasteiger partial charge in [-0.05, 0) is 25.1 Å². The fraction of sp³-hybridized carbons (Fsp3) is 0.0667. The van der Waals surface area contributed by atoms with E-state index in [2.05, 4.69) is 15.3 Å². The van der Waals surface area contributed by atoms with E-state index < -0.39 is 10.8 Å². The van der Waals surface area contributed by atoms with Gasteiger partial charge < -0.3 is 9.40 Å². The first-order chi connectivity index (χ1) is 11.4. The van der Waals surface area contributed by atoms with Gasteiger partial charge in [0.05, 0.1) is 9.95 Å². The number of halogens is 1. The van der Waals surface area contributed by atoms with Crippen LogP contribution >= 0.6 is 11.6 Å². The summed E-state index contributed by atoms with van der Waals surface area (Å²) in [5.41, 5.74) is 1.14. The lowest BCUT2D eigenvalue weighted by atomic mass is 10.1. The van der Waals surface area contributed by atoms with Crippen LogP contribution in [0.1, 0.15) is 16.2 Å². The second-order valence-corrected chi connectivity index (χ2v) is 5.36. The van der Waals surface area contributed by atoms with Gasteiger partial charge in [-0.25, -0.2) is 4.98 Å². The predicted octanol–water partition coefficient (Wildman–Crippen LogP) is 3.79. The fourth-order valence-electron chi connectivity index (χ4n) is 2.07. The zero-order valence-electron chi connectivity index (χ0n) is 12.4. The number of aromatic nitrogens is 2. The second-order valence-electron chi connectivity index (χ2n) is 4.95. The SMILES string of the molecule is Cc1cnc(NC(=O)c2ccc(-c3ccc([N+](=O)[O-])cc3Cl)o2)[nH]1. The van der Waals surface area contributed by atoms with Gasteiger partial charge >= 0.3 is 0 Å². The predicted molar refractivity (Wildman–Crippen MR) is 87.1 cm³/mol. The summed E-state index contributed by atoms with van der Waals surface area (Å²) in [4.78, 5) is 29.1. The van der Waals surface area contributed by atoms with Crippen molar-refractivity contribution in [1.82, 2.24) is 9.97 Å². The van der Waals surface area contributed by atoms with E-state index in [1.165, 1.54) is 24.3 Å². The van der Waals surface area contributed by atoms with Gasteiger partial charge in [-0.1, -0.05) is 11.6 Å². The number of benzene rings is 1. The maximum Gasteiger partial charge on any atom is 0.293 e. The van der Waals surface area contributed by atoms with Crippen molar-refractivity contribution in [1.29, 1.82) is 0 Å². The summed E-state index contributed by atoms with van der Waals surface area (Å²) in [6, 6.07) is 7.06. The number of aryl methyl sites for hydroxylation is 1. The van der Waals surface area contributed by atoms with Crippen molar-refractivity contribution in [3.8, 4) is 11.3 Å². The van der Waals surface area contributed by atoms with Crippen LogP contribution in [0, 0.1) is 17.0 Å². The number of imidazole rings is 1. The average molecular weight is 347 g/mol. The van der Waals surface area contributed by atoms with E-state index in [9.17, 15) is 14.9 Å². The third-order valence-corrected chi connectivity index (χ3v) is 3.51. The minimum absolute atomic E-state index is 0.0634. The number of hydrogen-bond acceptors (Lipinski definition) is 5. The van der Waals surface area contributed by atoms with Crippen LogP contribution in [0.5, 0.6) is 0 Å². The molecule has 1 aromatic carbocycles. The number of hydrogen-bond donors (Lipinski definition) is 2. The first-order valence-electron chi connectivity index (χ1n) is 6.81. The van der Waals surface area contributed by atoms with Crippen molar-refractivity contribution in [3.05, 3.63) is 63.1 Å². The summed E-state index contributed by atoms with van der Waals surface area (Å²) in [7, 11) is 0. The molecule has 0 fully saturated rings. The molecule has 0 aliphatic rings. The van der Waals surface area contributed by atoms with E-state index in [4.69, 9.17) is 16.0 Å². The van der Waals surface area contributed by atoms with Crippen molar-refractivity contribution in [2.24, 2.45) is 0 Å². The average Bonchev–Trinajstić information content (AvgIpc) is 3.16. The van der Waals surface area contributed by atoms with Gasteiger partial charge in [-0.3, -0.25) is 20.2 Å².